The van der Waals surface area contributed by atoms with Crippen molar-refractivity contribution in [2.24, 2.45) is 0 Å². The van der Waals surface area contributed by atoms with Gasteiger partial charge in [0.25, 0.3) is 0 Å². The minimum Gasteiger partial charge on any atom is -0.298 e. The second kappa shape index (κ2) is 4.75. The van der Waals surface area contributed by atoms with E-state index in [1.165, 1.54) is 38.2 Å². The monoisotopic (exact) mass is 231 g/mol. The van der Waals surface area contributed by atoms with Gasteiger partial charge in [0, 0.05) is 37.9 Å². The third-order valence-corrected chi connectivity index (χ3v) is 4.16. The van der Waals surface area contributed by atoms with Crippen molar-refractivity contribution >= 4 is 0 Å². The van der Waals surface area contributed by atoms with Crippen LogP contribution in [-0.4, -0.2) is 46.5 Å². The third kappa shape index (κ3) is 2.35. The summed E-state index contributed by atoms with van der Waals surface area (Å²) in [5.41, 5.74) is 1.20. The zero-order valence-corrected chi connectivity index (χ0v) is 10.5. The second-order valence-corrected chi connectivity index (χ2v) is 5.39. The normalized spacial score (nSPS) is 30.4. The fourth-order valence-electron chi connectivity index (χ4n) is 3.17. The molecule has 3 rings (SSSR count). The smallest absolute Gasteiger partial charge is 0.0544 e. The molecule has 92 valence electrons. The number of fused-ring (bicyclic) bond motifs is 1. The summed E-state index contributed by atoms with van der Waals surface area (Å²) in [4.78, 5) is 9.70. The van der Waals surface area contributed by atoms with Crippen molar-refractivity contribution in [2.75, 3.05) is 19.6 Å². The molecular weight excluding hydrogens is 210 g/mol. The molecule has 2 aliphatic heterocycles. The average Bonchev–Trinajstić information content (AvgIpc) is 2.78. The second-order valence-electron chi connectivity index (χ2n) is 5.39. The van der Waals surface area contributed by atoms with Crippen molar-refractivity contribution in [3.05, 3.63) is 30.1 Å². The topological polar surface area (TPSA) is 19.4 Å². The van der Waals surface area contributed by atoms with E-state index in [0.29, 0.717) is 6.04 Å². The number of piperazine rings is 1. The molecule has 1 aromatic heterocycles. The summed E-state index contributed by atoms with van der Waals surface area (Å²) in [6.07, 6.45) is 4.66. The number of pyridine rings is 1. The van der Waals surface area contributed by atoms with E-state index in [4.69, 9.17) is 0 Å². The molecule has 0 bridgehead atoms. The van der Waals surface area contributed by atoms with Gasteiger partial charge in [0.15, 0.2) is 0 Å². The van der Waals surface area contributed by atoms with Gasteiger partial charge in [0.1, 0.15) is 0 Å². The molecule has 0 saturated carbocycles. The lowest BCUT2D eigenvalue weighted by atomic mass is 10.1. The van der Waals surface area contributed by atoms with Crippen LogP contribution in [-0.2, 0) is 6.54 Å². The first kappa shape index (κ1) is 11.2. The molecule has 2 fully saturated rings. The summed E-state index contributed by atoms with van der Waals surface area (Å²) in [5.74, 6) is 0. The van der Waals surface area contributed by atoms with Gasteiger partial charge in [-0.1, -0.05) is 6.07 Å². The highest BCUT2D eigenvalue weighted by Gasteiger charge is 2.34. The van der Waals surface area contributed by atoms with Gasteiger partial charge >= 0.3 is 0 Å². The molecule has 0 radical (unpaired) electrons. The van der Waals surface area contributed by atoms with Gasteiger partial charge in [-0.25, -0.2) is 0 Å². The molecule has 2 atom stereocenters. The Kier molecular flexibility index (Phi) is 3.12. The molecule has 17 heavy (non-hydrogen) atoms. The van der Waals surface area contributed by atoms with Crippen molar-refractivity contribution in [2.45, 2.75) is 38.4 Å². The predicted octanol–water partition coefficient (Wildman–Crippen LogP) is 1.75. The van der Waals surface area contributed by atoms with Crippen molar-refractivity contribution in [1.82, 2.24) is 14.8 Å². The Morgan fingerprint density at radius 3 is 3.12 bits per heavy atom. The van der Waals surface area contributed by atoms with E-state index in [1.807, 2.05) is 12.3 Å². The Balaban J connectivity index is 1.67. The first-order chi connectivity index (χ1) is 8.33. The van der Waals surface area contributed by atoms with Gasteiger partial charge in [-0.05, 0) is 38.4 Å². The van der Waals surface area contributed by atoms with E-state index in [0.717, 1.165) is 12.6 Å². The molecular formula is C14H21N3. The largest absolute Gasteiger partial charge is 0.298 e. The van der Waals surface area contributed by atoms with Crippen LogP contribution in [0.5, 0.6) is 0 Å². The highest BCUT2D eigenvalue weighted by atomic mass is 15.3. The molecule has 3 heteroatoms. The van der Waals surface area contributed by atoms with E-state index < -0.39 is 0 Å². The van der Waals surface area contributed by atoms with Crippen LogP contribution in [0.2, 0.25) is 0 Å². The van der Waals surface area contributed by atoms with E-state index in [9.17, 15) is 0 Å². The molecule has 2 saturated heterocycles. The lowest BCUT2D eigenvalue weighted by Gasteiger charge is -2.42. The average molecular weight is 231 g/mol. The fraction of sp³-hybridized carbons (Fsp3) is 0.643. The maximum atomic E-state index is 4.44. The molecule has 1 unspecified atom stereocenters. The number of hydrogen-bond donors (Lipinski definition) is 0. The van der Waals surface area contributed by atoms with Crippen LogP contribution in [0.25, 0.3) is 0 Å². The van der Waals surface area contributed by atoms with E-state index in [-0.39, 0.29) is 0 Å². The van der Waals surface area contributed by atoms with E-state index >= 15 is 0 Å². The van der Waals surface area contributed by atoms with Crippen molar-refractivity contribution in [3.63, 3.8) is 0 Å². The third-order valence-electron chi connectivity index (χ3n) is 4.16. The molecule has 0 aromatic carbocycles. The maximum absolute atomic E-state index is 4.44. The van der Waals surface area contributed by atoms with Crippen LogP contribution in [0.1, 0.15) is 25.5 Å². The Hall–Kier alpha value is -0.930. The van der Waals surface area contributed by atoms with Gasteiger partial charge in [-0.3, -0.25) is 14.8 Å². The summed E-state index contributed by atoms with van der Waals surface area (Å²) in [6, 6.07) is 7.66. The first-order valence-corrected chi connectivity index (χ1v) is 6.71. The predicted molar refractivity (Wildman–Crippen MR) is 68.7 cm³/mol. The van der Waals surface area contributed by atoms with Gasteiger partial charge in [-0.15, -0.1) is 0 Å². The fourth-order valence-corrected chi connectivity index (χ4v) is 3.17. The van der Waals surface area contributed by atoms with E-state index in [1.54, 1.807) is 0 Å². The van der Waals surface area contributed by atoms with Gasteiger partial charge in [0.05, 0.1) is 5.69 Å². The Morgan fingerprint density at radius 2 is 2.29 bits per heavy atom. The van der Waals surface area contributed by atoms with Crippen LogP contribution < -0.4 is 0 Å². The molecule has 2 aliphatic rings. The maximum Gasteiger partial charge on any atom is 0.0544 e. The first-order valence-electron chi connectivity index (χ1n) is 6.71. The number of rotatable bonds is 2. The van der Waals surface area contributed by atoms with Crippen LogP contribution >= 0.6 is 0 Å². The summed E-state index contributed by atoms with van der Waals surface area (Å²) in [7, 11) is 0. The SMILES string of the molecule is C[C@H]1CN2CCCC2CN1Cc1ccccn1. The number of nitrogens with zero attached hydrogens (tertiary/aromatic N) is 3. The zero-order chi connectivity index (χ0) is 11.7. The molecule has 0 N–H and O–H groups in total. The van der Waals surface area contributed by atoms with Gasteiger partial charge < -0.3 is 0 Å². The number of hydrogen-bond acceptors (Lipinski definition) is 3. The Labute approximate surface area is 103 Å². The highest BCUT2D eigenvalue weighted by molar-refractivity contribution is 5.04. The Morgan fingerprint density at radius 1 is 1.35 bits per heavy atom. The van der Waals surface area contributed by atoms with Gasteiger partial charge in [0.2, 0.25) is 0 Å². The Bertz CT molecular complexity index is 365. The van der Waals surface area contributed by atoms with Crippen LogP contribution in [0.15, 0.2) is 24.4 Å². The zero-order valence-electron chi connectivity index (χ0n) is 10.5. The molecule has 3 nitrogen and oxygen atoms in total. The lowest BCUT2D eigenvalue weighted by molar-refractivity contribution is 0.0532. The summed E-state index contributed by atoms with van der Waals surface area (Å²) in [5, 5.41) is 0. The highest BCUT2D eigenvalue weighted by Crippen LogP contribution is 2.25. The molecule has 0 aliphatic carbocycles. The molecule has 1 aromatic rings. The summed E-state index contributed by atoms with van der Waals surface area (Å²) < 4.78 is 0. The molecule has 3 heterocycles. The molecule has 0 amide bonds. The summed E-state index contributed by atoms with van der Waals surface area (Å²) in [6.45, 7) is 7.12. The number of aromatic nitrogens is 1. The standard InChI is InChI=1S/C14H21N3/c1-12-9-16-8-4-6-14(16)11-17(12)10-13-5-2-3-7-15-13/h2-3,5,7,12,14H,4,6,8-11H2,1H3/t12-,14?/m0/s1. The van der Waals surface area contributed by atoms with Gasteiger partial charge in [-0.2, -0.15) is 0 Å². The van der Waals surface area contributed by atoms with Crippen molar-refractivity contribution in [3.8, 4) is 0 Å². The van der Waals surface area contributed by atoms with Crippen molar-refractivity contribution < 1.29 is 0 Å². The molecule has 0 spiro atoms. The minimum atomic E-state index is 0.659. The van der Waals surface area contributed by atoms with Crippen LogP contribution in [0.4, 0.5) is 0 Å². The van der Waals surface area contributed by atoms with Crippen LogP contribution in [0, 0.1) is 0 Å². The van der Waals surface area contributed by atoms with Crippen molar-refractivity contribution in [1.29, 1.82) is 0 Å². The quantitative estimate of drug-likeness (QED) is 0.773. The summed E-state index contributed by atoms with van der Waals surface area (Å²) >= 11 is 0. The minimum absolute atomic E-state index is 0.659. The van der Waals surface area contributed by atoms with E-state index in [2.05, 4.69) is 33.8 Å². The lowest BCUT2D eigenvalue weighted by Crippen LogP contribution is -2.54. The van der Waals surface area contributed by atoms with Crippen LogP contribution in [0.3, 0.4) is 0 Å².